The highest BCUT2D eigenvalue weighted by molar-refractivity contribution is 6.31. The first kappa shape index (κ1) is 18.7. The molecule has 0 bridgehead atoms. The van der Waals surface area contributed by atoms with Crippen LogP contribution in [0.15, 0.2) is 42.5 Å². The van der Waals surface area contributed by atoms with E-state index in [2.05, 4.69) is 10.6 Å². The molecule has 2 atom stereocenters. The van der Waals surface area contributed by atoms with Gasteiger partial charge in [0.2, 0.25) is 5.91 Å². The molecule has 142 valence electrons. The van der Waals surface area contributed by atoms with Crippen molar-refractivity contribution < 1.29 is 9.18 Å². The van der Waals surface area contributed by atoms with Crippen molar-refractivity contribution in [2.24, 2.45) is 5.92 Å². The van der Waals surface area contributed by atoms with Crippen molar-refractivity contribution in [1.82, 2.24) is 5.32 Å². The van der Waals surface area contributed by atoms with Crippen LogP contribution in [0.2, 0.25) is 10.0 Å². The summed E-state index contributed by atoms with van der Waals surface area (Å²) in [7, 11) is 0. The molecule has 1 aliphatic carbocycles. The third-order valence-corrected chi connectivity index (χ3v) is 6.45. The average Bonchev–Trinajstić information content (AvgIpc) is 3.25. The van der Waals surface area contributed by atoms with Gasteiger partial charge >= 0.3 is 0 Å². The maximum Gasteiger partial charge on any atom is 0.230 e. The van der Waals surface area contributed by atoms with E-state index in [4.69, 9.17) is 23.2 Å². The molecule has 1 aliphatic heterocycles. The highest BCUT2D eigenvalue weighted by Crippen LogP contribution is 2.48. The summed E-state index contributed by atoms with van der Waals surface area (Å²) in [6, 6.07) is 12.1. The van der Waals surface area contributed by atoms with Crippen molar-refractivity contribution in [1.29, 1.82) is 0 Å². The van der Waals surface area contributed by atoms with Crippen LogP contribution in [-0.4, -0.2) is 18.0 Å². The standard InChI is InChI=1S/C21H21Cl2FN2O/c22-13-5-3-6-14(11-13)26-20(27)18-16(12-25-21(18)9-1-2-10-21)15-7-4-8-17(23)19(15)24/h3-8,11,16,18,25H,1-2,9-10,12H2,(H,26,27). The van der Waals surface area contributed by atoms with Crippen LogP contribution < -0.4 is 10.6 Å². The summed E-state index contributed by atoms with van der Waals surface area (Å²) in [4.78, 5) is 13.3. The van der Waals surface area contributed by atoms with Crippen LogP contribution in [0.1, 0.15) is 37.2 Å². The van der Waals surface area contributed by atoms with E-state index in [0.717, 1.165) is 25.7 Å². The Balaban J connectivity index is 1.69. The molecule has 0 aromatic heterocycles. The molecule has 27 heavy (non-hydrogen) atoms. The largest absolute Gasteiger partial charge is 0.326 e. The lowest BCUT2D eigenvalue weighted by Gasteiger charge is -2.32. The topological polar surface area (TPSA) is 41.1 Å². The molecule has 1 saturated heterocycles. The SMILES string of the molecule is O=C(Nc1cccc(Cl)c1)C1C(c2cccc(Cl)c2F)CNC12CCCC2. The van der Waals surface area contributed by atoms with E-state index in [0.29, 0.717) is 22.8 Å². The van der Waals surface area contributed by atoms with Gasteiger partial charge in [-0.3, -0.25) is 4.79 Å². The number of benzene rings is 2. The molecule has 2 fully saturated rings. The molecule has 2 unspecified atom stereocenters. The summed E-state index contributed by atoms with van der Waals surface area (Å²) >= 11 is 12.1. The molecule has 0 radical (unpaired) electrons. The molecule has 1 spiro atoms. The highest BCUT2D eigenvalue weighted by Gasteiger charge is 2.53. The number of nitrogens with one attached hydrogen (secondary N) is 2. The first-order valence-electron chi connectivity index (χ1n) is 9.25. The lowest BCUT2D eigenvalue weighted by molar-refractivity contribution is -0.121. The number of hydrogen-bond donors (Lipinski definition) is 2. The zero-order valence-corrected chi connectivity index (χ0v) is 16.3. The van der Waals surface area contributed by atoms with Gasteiger partial charge in [0.15, 0.2) is 0 Å². The minimum atomic E-state index is -0.429. The van der Waals surface area contributed by atoms with Gasteiger partial charge in [0.05, 0.1) is 10.9 Å². The molecule has 6 heteroatoms. The zero-order valence-electron chi connectivity index (χ0n) is 14.8. The van der Waals surface area contributed by atoms with Crippen molar-refractivity contribution in [3.8, 4) is 0 Å². The Bertz CT molecular complexity index is 867. The van der Waals surface area contributed by atoms with E-state index >= 15 is 0 Å². The van der Waals surface area contributed by atoms with E-state index in [-0.39, 0.29) is 28.3 Å². The van der Waals surface area contributed by atoms with Crippen molar-refractivity contribution in [2.45, 2.75) is 37.1 Å². The molecule has 2 aromatic carbocycles. The second kappa shape index (κ2) is 7.42. The van der Waals surface area contributed by atoms with Crippen LogP contribution in [0, 0.1) is 11.7 Å². The van der Waals surface area contributed by atoms with Gasteiger partial charge in [-0.2, -0.15) is 0 Å². The van der Waals surface area contributed by atoms with Gasteiger partial charge in [-0.1, -0.05) is 54.2 Å². The molecule has 2 N–H and O–H groups in total. The number of amides is 1. The third kappa shape index (κ3) is 3.46. The third-order valence-electron chi connectivity index (χ3n) is 5.92. The monoisotopic (exact) mass is 406 g/mol. The Morgan fingerprint density at radius 1 is 1.15 bits per heavy atom. The van der Waals surface area contributed by atoms with Crippen LogP contribution in [0.4, 0.5) is 10.1 Å². The fourth-order valence-electron chi connectivity index (χ4n) is 4.74. The van der Waals surface area contributed by atoms with Crippen LogP contribution in [0.3, 0.4) is 0 Å². The summed E-state index contributed by atoms with van der Waals surface area (Å²) in [5, 5.41) is 7.20. The molecular formula is C21H21Cl2FN2O. The van der Waals surface area contributed by atoms with Crippen LogP contribution in [0.5, 0.6) is 0 Å². The second-order valence-electron chi connectivity index (χ2n) is 7.47. The molecule has 2 aliphatic rings. The van der Waals surface area contributed by atoms with Crippen molar-refractivity contribution in [2.75, 3.05) is 11.9 Å². The minimum absolute atomic E-state index is 0.0915. The lowest BCUT2D eigenvalue weighted by Crippen LogP contribution is -2.47. The second-order valence-corrected chi connectivity index (χ2v) is 8.31. The van der Waals surface area contributed by atoms with Crippen LogP contribution >= 0.6 is 23.2 Å². The van der Waals surface area contributed by atoms with E-state index in [9.17, 15) is 9.18 Å². The number of carbonyl (C=O) groups is 1. The Labute approximate surface area is 168 Å². The smallest absolute Gasteiger partial charge is 0.230 e. The fourth-order valence-corrected chi connectivity index (χ4v) is 5.11. The molecule has 1 saturated carbocycles. The van der Waals surface area contributed by atoms with Gasteiger partial charge in [0, 0.05) is 28.7 Å². The Kier molecular flexibility index (Phi) is 5.15. The van der Waals surface area contributed by atoms with Gasteiger partial charge in [-0.05, 0) is 42.7 Å². The van der Waals surface area contributed by atoms with E-state index in [1.54, 1.807) is 30.3 Å². The van der Waals surface area contributed by atoms with Crippen LogP contribution in [-0.2, 0) is 4.79 Å². The zero-order chi connectivity index (χ0) is 19.0. The van der Waals surface area contributed by atoms with E-state index < -0.39 is 5.82 Å². The summed E-state index contributed by atoms with van der Waals surface area (Å²) in [6.07, 6.45) is 3.97. The van der Waals surface area contributed by atoms with Gasteiger partial charge in [-0.25, -0.2) is 4.39 Å². The number of halogens is 3. The maximum absolute atomic E-state index is 14.7. The average molecular weight is 407 g/mol. The van der Waals surface area contributed by atoms with Gasteiger partial charge in [-0.15, -0.1) is 0 Å². The predicted molar refractivity (Wildman–Crippen MR) is 107 cm³/mol. The van der Waals surface area contributed by atoms with Crippen LogP contribution in [0.25, 0.3) is 0 Å². The van der Waals surface area contributed by atoms with Gasteiger partial charge in [0.25, 0.3) is 0 Å². The Morgan fingerprint density at radius 2 is 1.89 bits per heavy atom. The van der Waals surface area contributed by atoms with Gasteiger partial charge in [0.1, 0.15) is 5.82 Å². The fraction of sp³-hybridized carbons (Fsp3) is 0.381. The van der Waals surface area contributed by atoms with E-state index in [1.165, 1.54) is 6.07 Å². The molecular weight excluding hydrogens is 386 g/mol. The lowest BCUT2D eigenvalue weighted by atomic mass is 9.75. The number of rotatable bonds is 3. The Morgan fingerprint density at radius 3 is 2.63 bits per heavy atom. The van der Waals surface area contributed by atoms with Gasteiger partial charge < -0.3 is 10.6 Å². The number of anilines is 1. The number of hydrogen-bond acceptors (Lipinski definition) is 2. The maximum atomic E-state index is 14.7. The summed E-state index contributed by atoms with van der Waals surface area (Å²) in [6.45, 7) is 0.560. The predicted octanol–water partition coefficient (Wildman–Crippen LogP) is 5.39. The first-order valence-corrected chi connectivity index (χ1v) is 10.0. The minimum Gasteiger partial charge on any atom is -0.326 e. The molecule has 1 heterocycles. The normalized spacial score (nSPS) is 23.7. The highest BCUT2D eigenvalue weighted by atomic mass is 35.5. The van der Waals surface area contributed by atoms with E-state index in [1.807, 2.05) is 6.07 Å². The summed E-state index contributed by atoms with van der Waals surface area (Å²) in [5.74, 6) is -1.16. The number of carbonyl (C=O) groups excluding carboxylic acids is 1. The van der Waals surface area contributed by atoms with Crippen molar-refractivity contribution in [3.05, 3.63) is 63.9 Å². The molecule has 4 rings (SSSR count). The quantitative estimate of drug-likeness (QED) is 0.717. The molecule has 3 nitrogen and oxygen atoms in total. The van der Waals surface area contributed by atoms with Crippen molar-refractivity contribution >= 4 is 34.8 Å². The Hall–Kier alpha value is -1.62. The molecule has 2 aromatic rings. The first-order chi connectivity index (χ1) is 13.0. The van der Waals surface area contributed by atoms with Crippen molar-refractivity contribution in [3.63, 3.8) is 0 Å². The summed E-state index contributed by atoms with van der Waals surface area (Å²) in [5.41, 5.74) is 0.866. The molecule has 1 amide bonds. The summed E-state index contributed by atoms with van der Waals surface area (Å²) < 4.78 is 14.7.